The second-order valence-electron chi connectivity index (χ2n) is 5.31. The van der Waals surface area contributed by atoms with Crippen molar-refractivity contribution in [2.45, 2.75) is 19.4 Å². The molecule has 3 rings (SSSR count). The van der Waals surface area contributed by atoms with Crippen molar-refractivity contribution >= 4 is 17.4 Å². The molecule has 0 saturated carbocycles. The minimum absolute atomic E-state index is 0.242. The zero-order chi connectivity index (χ0) is 15.5. The summed E-state index contributed by atoms with van der Waals surface area (Å²) in [6.07, 6.45) is 5.78. The lowest BCUT2D eigenvalue weighted by molar-refractivity contribution is 0.0952. The molecular formula is C17H18N4O. The minimum atomic E-state index is -0.242. The van der Waals surface area contributed by atoms with Gasteiger partial charge in [-0.1, -0.05) is 24.3 Å². The number of fused-ring (bicyclic) bond motifs is 1. The van der Waals surface area contributed by atoms with E-state index in [1.165, 1.54) is 11.8 Å². The third-order valence-corrected chi connectivity index (χ3v) is 3.73. The molecule has 1 aromatic heterocycles. The Morgan fingerprint density at radius 2 is 2.23 bits per heavy atom. The molecule has 0 radical (unpaired) electrons. The highest BCUT2D eigenvalue weighted by Crippen LogP contribution is 2.36. The van der Waals surface area contributed by atoms with E-state index in [1.807, 2.05) is 12.1 Å². The van der Waals surface area contributed by atoms with E-state index in [9.17, 15) is 4.79 Å². The smallest absolute Gasteiger partial charge is 0.271 e. The van der Waals surface area contributed by atoms with Crippen molar-refractivity contribution in [2.75, 3.05) is 11.4 Å². The van der Waals surface area contributed by atoms with Gasteiger partial charge in [0, 0.05) is 18.3 Å². The molecule has 112 valence electrons. The van der Waals surface area contributed by atoms with Crippen molar-refractivity contribution < 1.29 is 4.79 Å². The summed E-state index contributed by atoms with van der Waals surface area (Å²) in [4.78, 5) is 22.6. The number of aromatic nitrogens is 2. The molecule has 1 aromatic carbocycles. The summed E-state index contributed by atoms with van der Waals surface area (Å²) in [5, 5.41) is 2.69. The zero-order valence-corrected chi connectivity index (χ0v) is 12.5. The number of amides is 1. The van der Waals surface area contributed by atoms with Gasteiger partial charge in [-0.3, -0.25) is 4.79 Å². The van der Waals surface area contributed by atoms with Crippen LogP contribution in [0.1, 0.15) is 23.0 Å². The molecular weight excluding hydrogens is 276 g/mol. The predicted molar refractivity (Wildman–Crippen MR) is 86.3 cm³/mol. The molecule has 22 heavy (non-hydrogen) atoms. The Labute approximate surface area is 129 Å². The van der Waals surface area contributed by atoms with Crippen LogP contribution < -0.4 is 10.2 Å². The number of rotatable bonds is 4. The minimum Gasteiger partial charge on any atom is -0.347 e. The van der Waals surface area contributed by atoms with Crippen LogP contribution in [-0.2, 0) is 6.42 Å². The van der Waals surface area contributed by atoms with E-state index in [4.69, 9.17) is 0 Å². The van der Waals surface area contributed by atoms with Gasteiger partial charge in [-0.05, 0) is 25.0 Å². The van der Waals surface area contributed by atoms with E-state index in [0.717, 1.165) is 17.9 Å². The maximum Gasteiger partial charge on any atom is 0.271 e. The Bertz CT molecular complexity index is 696. The first-order valence-electron chi connectivity index (χ1n) is 7.29. The van der Waals surface area contributed by atoms with Crippen LogP contribution in [0.4, 0.5) is 11.5 Å². The van der Waals surface area contributed by atoms with Crippen LogP contribution in [0.15, 0.2) is 49.3 Å². The van der Waals surface area contributed by atoms with Crippen molar-refractivity contribution in [1.82, 2.24) is 15.3 Å². The van der Waals surface area contributed by atoms with Gasteiger partial charge in [0.15, 0.2) is 5.82 Å². The first kappa shape index (κ1) is 14.3. The number of carbonyl (C=O) groups excluding carboxylic acids is 1. The Balaban J connectivity index is 1.84. The fourth-order valence-electron chi connectivity index (χ4n) is 2.73. The van der Waals surface area contributed by atoms with Crippen molar-refractivity contribution in [3.05, 3.63) is 60.6 Å². The Kier molecular flexibility index (Phi) is 3.87. The summed E-state index contributed by atoms with van der Waals surface area (Å²) in [5.41, 5.74) is 2.78. The van der Waals surface area contributed by atoms with Gasteiger partial charge in [0.1, 0.15) is 5.69 Å². The average molecular weight is 294 g/mol. The van der Waals surface area contributed by atoms with Gasteiger partial charge in [-0.25, -0.2) is 9.97 Å². The van der Waals surface area contributed by atoms with Gasteiger partial charge in [0.25, 0.3) is 5.91 Å². The lowest BCUT2D eigenvalue weighted by atomic mass is 10.1. The number of hydrogen-bond donors (Lipinski definition) is 1. The monoisotopic (exact) mass is 294 g/mol. The highest BCUT2D eigenvalue weighted by Gasteiger charge is 2.27. The molecule has 0 fully saturated rings. The third kappa shape index (κ3) is 2.57. The van der Waals surface area contributed by atoms with Crippen LogP contribution in [0, 0.1) is 0 Å². The largest absolute Gasteiger partial charge is 0.347 e. The Hall–Kier alpha value is -2.69. The standard InChI is InChI=1S/C17H18N4O/c1-3-8-18-17(22)14-10-20-16(11-19-14)21-12(2)9-13-6-4-5-7-15(13)21/h3-7,10-12H,1,8-9H2,2H3,(H,18,22). The number of nitrogens with zero attached hydrogens (tertiary/aromatic N) is 3. The van der Waals surface area contributed by atoms with Crippen molar-refractivity contribution in [3.63, 3.8) is 0 Å². The number of hydrogen-bond acceptors (Lipinski definition) is 4. The maximum atomic E-state index is 11.8. The lowest BCUT2D eigenvalue weighted by Crippen LogP contribution is -2.27. The summed E-state index contributed by atoms with van der Waals surface area (Å²) in [6.45, 7) is 6.14. The van der Waals surface area contributed by atoms with Crippen LogP contribution in [0.5, 0.6) is 0 Å². The van der Waals surface area contributed by atoms with E-state index in [0.29, 0.717) is 18.3 Å². The number of carbonyl (C=O) groups is 1. The first-order valence-corrected chi connectivity index (χ1v) is 7.29. The molecule has 5 nitrogen and oxygen atoms in total. The molecule has 1 unspecified atom stereocenters. The summed E-state index contributed by atoms with van der Waals surface area (Å²) in [5.74, 6) is 0.520. The number of para-hydroxylation sites is 1. The molecule has 0 saturated heterocycles. The molecule has 1 aliphatic heterocycles. The summed E-state index contributed by atoms with van der Waals surface area (Å²) < 4.78 is 0. The highest BCUT2D eigenvalue weighted by atomic mass is 16.1. The number of nitrogens with one attached hydrogen (secondary N) is 1. The second kappa shape index (κ2) is 5.97. The predicted octanol–water partition coefficient (Wildman–Crippen LogP) is 2.48. The molecule has 0 spiro atoms. The second-order valence-corrected chi connectivity index (χ2v) is 5.31. The van der Waals surface area contributed by atoms with Gasteiger partial charge in [0.05, 0.1) is 12.4 Å². The van der Waals surface area contributed by atoms with Crippen LogP contribution in [0.3, 0.4) is 0 Å². The van der Waals surface area contributed by atoms with Gasteiger partial charge < -0.3 is 10.2 Å². The Morgan fingerprint density at radius 3 is 2.95 bits per heavy atom. The molecule has 2 heterocycles. The van der Waals surface area contributed by atoms with Gasteiger partial charge >= 0.3 is 0 Å². The van der Waals surface area contributed by atoms with Crippen LogP contribution >= 0.6 is 0 Å². The molecule has 1 atom stereocenters. The quantitative estimate of drug-likeness (QED) is 0.880. The van der Waals surface area contributed by atoms with E-state index in [-0.39, 0.29) is 5.91 Å². The van der Waals surface area contributed by atoms with E-state index in [2.05, 4.69) is 45.8 Å². The molecule has 1 N–H and O–H groups in total. The Morgan fingerprint density at radius 1 is 1.41 bits per heavy atom. The van der Waals surface area contributed by atoms with Crippen LogP contribution in [0.2, 0.25) is 0 Å². The highest BCUT2D eigenvalue weighted by molar-refractivity contribution is 5.92. The van der Waals surface area contributed by atoms with Crippen molar-refractivity contribution in [3.8, 4) is 0 Å². The zero-order valence-electron chi connectivity index (χ0n) is 12.5. The molecule has 5 heteroatoms. The fraction of sp³-hybridized carbons (Fsp3) is 0.235. The molecule has 0 bridgehead atoms. The van der Waals surface area contributed by atoms with Crippen LogP contribution in [0.25, 0.3) is 0 Å². The molecule has 2 aromatic rings. The number of anilines is 2. The van der Waals surface area contributed by atoms with Gasteiger partial charge in [-0.15, -0.1) is 6.58 Å². The maximum absolute atomic E-state index is 11.8. The summed E-state index contributed by atoms with van der Waals surface area (Å²) >= 11 is 0. The fourth-order valence-corrected chi connectivity index (χ4v) is 2.73. The SMILES string of the molecule is C=CCNC(=O)c1cnc(N2c3ccccc3CC2C)cn1. The van der Waals surface area contributed by atoms with E-state index in [1.54, 1.807) is 12.3 Å². The van der Waals surface area contributed by atoms with E-state index >= 15 is 0 Å². The molecule has 0 aliphatic carbocycles. The average Bonchev–Trinajstić information content (AvgIpc) is 2.88. The first-order chi connectivity index (χ1) is 10.7. The molecule has 1 aliphatic rings. The summed E-state index contributed by atoms with van der Waals surface area (Å²) in [7, 11) is 0. The normalized spacial score (nSPS) is 16.2. The van der Waals surface area contributed by atoms with Crippen molar-refractivity contribution in [1.29, 1.82) is 0 Å². The van der Waals surface area contributed by atoms with Gasteiger partial charge in [-0.2, -0.15) is 0 Å². The molecule has 1 amide bonds. The number of benzene rings is 1. The van der Waals surface area contributed by atoms with Gasteiger partial charge in [0.2, 0.25) is 0 Å². The van der Waals surface area contributed by atoms with Crippen molar-refractivity contribution in [2.24, 2.45) is 0 Å². The third-order valence-electron chi connectivity index (χ3n) is 3.73. The summed E-state index contributed by atoms with van der Waals surface area (Å²) in [6, 6.07) is 8.62. The lowest BCUT2D eigenvalue weighted by Gasteiger charge is -2.23. The topological polar surface area (TPSA) is 58.1 Å². The van der Waals surface area contributed by atoms with Crippen LogP contribution in [-0.4, -0.2) is 28.5 Å². The van der Waals surface area contributed by atoms with E-state index < -0.39 is 0 Å².